The van der Waals surface area contributed by atoms with Crippen LogP contribution in [0.5, 0.6) is 11.5 Å². The number of phenolic OH excluding ortho intramolecular Hbond substituents is 2. The second-order valence-corrected chi connectivity index (χ2v) is 9.53. The number of hydrogen-bond donors (Lipinski definition) is 8. The highest BCUT2D eigenvalue weighted by atomic mass is 35.5. The second-order valence-electron chi connectivity index (χ2n) is 7.69. The molecule has 0 aliphatic heterocycles. The SMILES string of the molecule is CN.Cc1cc(NCc2cccc(O)c2O)c[nH]c1=S.N=C/C=C(\N)c1sc(N)nc1-c1ccc(F)c(Cl)c1. The van der Waals surface area contributed by atoms with Gasteiger partial charge in [-0.2, -0.15) is 0 Å². The lowest BCUT2D eigenvalue weighted by molar-refractivity contribution is 0.400. The van der Waals surface area contributed by atoms with Crippen LogP contribution in [0.1, 0.15) is 16.0 Å². The molecule has 9 nitrogen and oxygen atoms in total. The summed E-state index contributed by atoms with van der Waals surface area (Å²) in [7, 11) is 1.50. The highest BCUT2D eigenvalue weighted by Crippen LogP contribution is 2.34. The van der Waals surface area contributed by atoms with Gasteiger partial charge in [-0.1, -0.05) is 47.3 Å². The molecule has 206 valence electrons. The fourth-order valence-corrected chi connectivity index (χ4v) is 4.24. The Morgan fingerprint density at radius 1 is 1.26 bits per heavy atom. The monoisotopic (exact) mass is 589 g/mol. The summed E-state index contributed by atoms with van der Waals surface area (Å²) in [5.74, 6) is -0.707. The summed E-state index contributed by atoms with van der Waals surface area (Å²) in [5.41, 5.74) is 20.0. The minimum absolute atomic E-state index is 0.00428. The van der Waals surface area contributed by atoms with Gasteiger partial charge in [-0.25, -0.2) is 9.37 Å². The lowest BCUT2D eigenvalue weighted by Gasteiger charge is -2.09. The van der Waals surface area contributed by atoms with Crippen molar-refractivity contribution < 1.29 is 14.6 Å². The summed E-state index contributed by atoms with van der Waals surface area (Å²) in [6.45, 7) is 2.35. The Morgan fingerprint density at radius 2 is 1.97 bits per heavy atom. The van der Waals surface area contributed by atoms with E-state index in [9.17, 15) is 14.6 Å². The molecule has 0 spiro atoms. The van der Waals surface area contributed by atoms with Crippen molar-refractivity contribution in [1.29, 1.82) is 5.41 Å². The van der Waals surface area contributed by atoms with Gasteiger partial charge in [0.05, 0.1) is 27.0 Å². The van der Waals surface area contributed by atoms with Crippen LogP contribution in [-0.2, 0) is 6.54 Å². The third-order valence-electron chi connectivity index (χ3n) is 5.03. The molecule has 13 heteroatoms. The molecule has 0 aliphatic carbocycles. The smallest absolute Gasteiger partial charge is 0.181 e. The van der Waals surface area contributed by atoms with Crippen LogP contribution in [0.2, 0.25) is 5.02 Å². The molecular formula is C26H29ClFN7O2S2. The number of aryl methyl sites for hydroxylation is 1. The van der Waals surface area contributed by atoms with Crippen molar-refractivity contribution in [1.82, 2.24) is 9.97 Å². The van der Waals surface area contributed by atoms with E-state index in [2.05, 4.69) is 21.0 Å². The molecule has 4 aromatic rings. The second kappa shape index (κ2) is 14.8. The maximum Gasteiger partial charge on any atom is 0.181 e. The molecule has 4 rings (SSSR count). The molecule has 39 heavy (non-hydrogen) atoms. The normalized spacial score (nSPS) is 10.5. The molecular weight excluding hydrogens is 561 g/mol. The average molecular weight is 590 g/mol. The number of halogens is 2. The van der Waals surface area contributed by atoms with Crippen molar-refractivity contribution >= 4 is 57.9 Å². The Balaban J connectivity index is 0.000000258. The lowest BCUT2D eigenvalue weighted by Crippen LogP contribution is -2.00. The summed E-state index contributed by atoms with van der Waals surface area (Å²) in [5, 5.41) is 29.6. The number of aromatic hydroxyl groups is 2. The van der Waals surface area contributed by atoms with E-state index in [1.165, 1.54) is 42.7 Å². The summed E-state index contributed by atoms with van der Waals surface area (Å²) in [4.78, 5) is 7.77. The molecule has 0 saturated heterocycles. The summed E-state index contributed by atoms with van der Waals surface area (Å²) in [6.07, 6.45) is 4.28. The van der Waals surface area contributed by atoms with E-state index in [4.69, 9.17) is 40.7 Å². The number of hydrogen-bond acceptors (Lipinski definition) is 10. The molecule has 2 aromatic carbocycles. The van der Waals surface area contributed by atoms with Crippen LogP contribution < -0.4 is 22.5 Å². The van der Waals surface area contributed by atoms with Gasteiger partial charge in [0.2, 0.25) is 0 Å². The van der Waals surface area contributed by atoms with Gasteiger partial charge in [-0.15, -0.1) is 0 Å². The van der Waals surface area contributed by atoms with Crippen molar-refractivity contribution in [2.75, 3.05) is 18.1 Å². The number of aromatic amines is 1. The highest BCUT2D eigenvalue weighted by molar-refractivity contribution is 7.71. The quantitative estimate of drug-likeness (QED) is 0.0789. The average Bonchev–Trinajstić information content (AvgIpc) is 3.32. The number of nitrogens with one attached hydrogen (secondary N) is 3. The van der Waals surface area contributed by atoms with Crippen molar-refractivity contribution in [3.8, 4) is 22.8 Å². The number of pyridine rings is 1. The molecule has 0 atom stereocenters. The molecule has 0 aliphatic rings. The Kier molecular flexibility index (Phi) is 11.9. The van der Waals surface area contributed by atoms with Crippen LogP contribution in [0.15, 0.2) is 54.7 Å². The predicted octanol–water partition coefficient (Wildman–Crippen LogP) is 5.78. The van der Waals surface area contributed by atoms with Crippen molar-refractivity contribution in [3.05, 3.63) is 86.2 Å². The number of nitrogens with two attached hydrogens (primary N) is 3. The molecule has 0 saturated carbocycles. The third kappa shape index (κ3) is 8.52. The van der Waals surface area contributed by atoms with Crippen LogP contribution in [0, 0.1) is 22.8 Å². The third-order valence-corrected chi connectivity index (χ3v) is 6.70. The molecule has 11 N–H and O–H groups in total. The number of nitrogens with zero attached hydrogens (tertiary/aromatic N) is 1. The number of benzene rings is 2. The first-order valence-electron chi connectivity index (χ1n) is 11.3. The summed E-state index contributed by atoms with van der Waals surface area (Å²) >= 11 is 12.0. The molecule has 0 amide bonds. The molecule has 2 heterocycles. The van der Waals surface area contributed by atoms with Crippen molar-refractivity contribution in [2.24, 2.45) is 11.5 Å². The number of phenols is 2. The topological polar surface area (TPSA) is 183 Å². The molecule has 0 bridgehead atoms. The summed E-state index contributed by atoms with van der Waals surface area (Å²) in [6, 6.07) is 11.1. The van der Waals surface area contributed by atoms with Crippen LogP contribution in [0.3, 0.4) is 0 Å². The number of allylic oxidation sites excluding steroid dienone is 1. The van der Waals surface area contributed by atoms with Gasteiger partial charge in [0.1, 0.15) is 10.5 Å². The van der Waals surface area contributed by atoms with Gasteiger partial charge in [-0.3, -0.25) is 0 Å². The largest absolute Gasteiger partial charge is 0.504 e. The molecule has 0 unspecified atom stereocenters. The predicted molar refractivity (Wildman–Crippen MR) is 161 cm³/mol. The summed E-state index contributed by atoms with van der Waals surface area (Å²) < 4.78 is 13.9. The van der Waals surface area contributed by atoms with E-state index in [1.54, 1.807) is 24.4 Å². The Morgan fingerprint density at radius 3 is 2.62 bits per heavy atom. The number of anilines is 2. The van der Waals surface area contributed by atoms with Crippen LogP contribution >= 0.6 is 35.2 Å². The van der Waals surface area contributed by atoms with E-state index < -0.39 is 5.82 Å². The molecule has 2 aromatic heterocycles. The standard InChI is InChI=1S/C13H14N2O2S.C12H10ClFN4S.CH5N/c1-8-5-10(7-15-13(8)18)14-6-9-3-2-4-11(16)12(9)17;13-7-5-6(1-2-8(7)14)10-11(9(16)3-4-15)19-12(17)18-10;1-2/h2-5,7,14,16-17H,6H2,1H3,(H,15,18);1-5,15H,16H2,(H2,17,18);2H2,1H3/b;9-3-,15-4?;. The minimum Gasteiger partial charge on any atom is -0.504 e. The van der Waals surface area contributed by atoms with E-state index in [0.29, 0.717) is 43.7 Å². The minimum atomic E-state index is -0.502. The van der Waals surface area contributed by atoms with Gasteiger partial charge in [-0.05, 0) is 55.9 Å². The number of thiazole rings is 1. The van der Waals surface area contributed by atoms with Gasteiger partial charge in [0.25, 0.3) is 0 Å². The first kappa shape index (κ1) is 31.2. The number of para-hydroxylation sites is 1. The number of rotatable bonds is 6. The highest BCUT2D eigenvalue weighted by Gasteiger charge is 2.15. The maximum absolute atomic E-state index is 13.2. The van der Waals surface area contributed by atoms with Gasteiger partial charge >= 0.3 is 0 Å². The first-order chi connectivity index (χ1) is 18.6. The van der Waals surface area contributed by atoms with Crippen molar-refractivity contribution in [3.63, 3.8) is 0 Å². The Hall–Kier alpha value is -3.97. The lowest BCUT2D eigenvalue weighted by atomic mass is 10.1. The van der Waals surface area contributed by atoms with Crippen LogP contribution in [0.4, 0.5) is 15.2 Å². The van der Waals surface area contributed by atoms with Gasteiger partial charge in [0.15, 0.2) is 16.6 Å². The number of aromatic nitrogens is 2. The number of H-pyrrole nitrogens is 1. The van der Waals surface area contributed by atoms with Gasteiger partial charge < -0.3 is 43.1 Å². The van der Waals surface area contributed by atoms with E-state index in [1.807, 2.05) is 13.0 Å². The van der Waals surface area contributed by atoms with E-state index in [0.717, 1.165) is 17.5 Å². The zero-order chi connectivity index (χ0) is 29.1. The van der Waals surface area contributed by atoms with Gasteiger partial charge in [0, 0.05) is 30.1 Å². The maximum atomic E-state index is 13.2. The Labute approximate surface area is 239 Å². The van der Waals surface area contributed by atoms with Crippen LogP contribution in [0.25, 0.3) is 17.0 Å². The van der Waals surface area contributed by atoms with E-state index >= 15 is 0 Å². The number of nitrogen functional groups attached to an aromatic ring is 1. The van der Waals surface area contributed by atoms with Crippen molar-refractivity contribution in [2.45, 2.75) is 13.5 Å². The first-order valence-corrected chi connectivity index (χ1v) is 12.9. The van der Waals surface area contributed by atoms with E-state index in [-0.39, 0.29) is 16.5 Å². The molecule has 0 fully saturated rings. The zero-order valence-electron chi connectivity index (χ0n) is 21.1. The zero-order valence-corrected chi connectivity index (χ0v) is 23.5. The van der Waals surface area contributed by atoms with Crippen LogP contribution in [-0.4, -0.2) is 33.4 Å². The molecule has 0 radical (unpaired) electrons. The fraction of sp³-hybridized carbons (Fsp3) is 0.115. The fourth-order valence-electron chi connectivity index (χ4n) is 3.15. The Bertz CT molecular complexity index is 1520.